The highest BCUT2D eigenvalue weighted by atomic mass is 79.9. The fourth-order valence-corrected chi connectivity index (χ4v) is 2.86. The Bertz CT molecular complexity index is 529. The molecule has 0 radical (unpaired) electrons. The van der Waals surface area contributed by atoms with Crippen molar-refractivity contribution in [3.05, 3.63) is 28.2 Å². The van der Waals surface area contributed by atoms with Crippen molar-refractivity contribution in [1.29, 1.82) is 0 Å². The zero-order valence-corrected chi connectivity index (χ0v) is 14.3. The molecule has 7 heteroatoms. The zero-order chi connectivity index (χ0) is 15.5. The van der Waals surface area contributed by atoms with Crippen LogP contribution >= 0.6 is 15.9 Å². The molecule has 0 fully saturated rings. The van der Waals surface area contributed by atoms with E-state index in [1.54, 1.807) is 39.0 Å². The van der Waals surface area contributed by atoms with E-state index in [1.165, 1.54) is 0 Å². The first-order valence-corrected chi connectivity index (χ1v) is 8.06. The first-order valence-electron chi connectivity index (χ1n) is 6.05. The van der Waals surface area contributed by atoms with Gasteiger partial charge in [0, 0.05) is 4.47 Å². The molecule has 0 bridgehead atoms. The third-order valence-corrected chi connectivity index (χ3v) is 3.81. The van der Waals surface area contributed by atoms with E-state index in [4.69, 9.17) is 9.88 Å². The van der Waals surface area contributed by atoms with Gasteiger partial charge < -0.3 is 10.1 Å². The molecule has 3 N–H and O–H groups in total. The Morgan fingerprint density at radius 2 is 2.05 bits per heavy atom. The van der Waals surface area contributed by atoms with Gasteiger partial charge in [0.1, 0.15) is 16.6 Å². The van der Waals surface area contributed by atoms with Crippen LogP contribution < -0.4 is 10.5 Å². The molecule has 1 aromatic rings. The van der Waals surface area contributed by atoms with Gasteiger partial charge in [-0.05, 0) is 45.4 Å². The monoisotopic (exact) mass is 362 g/mol. The van der Waals surface area contributed by atoms with Gasteiger partial charge >= 0.3 is 6.09 Å². The minimum absolute atomic E-state index is 0.250. The third-order valence-electron chi connectivity index (χ3n) is 2.40. The van der Waals surface area contributed by atoms with Gasteiger partial charge in [0.05, 0.1) is 10.9 Å². The van der Waals surface area contributed by atoms with E-state index < -0.39 is 22.7 Å². The molecule has 0 aliphatic rings. The second kappa shape index (κ2) is 6.69. The molecule has 0 heterocycles. The maximum Gasteiger partial charge on any atom is 0.408 e. The number of carbonyl (C=O) groups excluding carboxylic acids is 1. The van der Waals surface area contributed by atoms with Crippen LogP contribution in [0.4, 0.5) is 4.79 Å². The van der Waals surface area contributed by atoms with E-state index in [2.05, 4.69) is 21.2 Å². The number of hydrogen-bond donors (Lipinski definition) is 2. The van der Waals surface area contributed by atoms with Crippen LogP contribution in [0, 0.1) is 0 Å². The summed E-state index contributed by atoms with van der Waals surface area (Å²) in [7, 11) is -1.53. The lowest BCUT2D eigenvalue weighted by Crippen LogP contribution is -2.34. The minimum Gasteiger partial charge on any atom is -0.444 e. The van der Waals surface area contributed by atoms with Crippen LogP contribution in [0.3, 0.4) is 0 Å². The molecule has 2 atom stereocenters. The van der Waals surface area contributed by atoms with Crippen LogP contribution in [0.1, 0.15) is 39.3 Å². The lowest BCUT2D eigenvalue weighted by atomic mass is 10.1. The minimum atomic E-state index is -1.53. The standard InChI is InChI=1S/C13H19BrN2O3S/c1-8(16-12(17)19-13(2,3)4)10-6-5-9(20(15)18)7-11(10)14/h5-8H,15H2,1-4H3,(H,16,17)/t8-,20?/m1/s1. The Balaban J connectivity index is 2.80. The summed E-state index contributed by atoms with van der Waals surface area (Å²) < 4.78 is 17.1. The van der Waals surface area contributed by atoms with Crippen molar-refractivity contribution >= 4 is 33.0 Å². The summed E-state index contributed by atoms with van der Waals surface area (Å²) in [6.07, 6.45) is -0.483. The van der Waals surface area contributed by atoms with Gasteiger partial charge in [-0.15, -0.1) is 0 Å². The summed E-state index contributed by atoms with van der Waals surface area (Å²) in [5, 5.41) is 8.06. The first kappa shape index (κ1) is 17.1. The molecule has 20 heavy (non-hydrogen) atoms. The number of benzene rings is 1. The SMILES string of the molecule is C[C@@H](NC(=O)OC(C)(C)C)c1ccc(S(N)=O)cc1Br. The first-order chi connectivity index (χ1) is 9.10. The van der Waals surface area contributed by atoms with Gasteiger partial charge in [-0.3, -0.25) is 0 Å². The largest absolute Gasteiger partial charge is 0.444 e. The molecule has 112 valence electrons. The number of alkyl carbamates (subject to hydrolysis) is 1. The van der Waals surface area contributed by atoms with Crippen LogP contribution in [0.15, 0.2) is 27.6 Å². The maximum absolute atomic E-state index is 11.7. The highest BCUT2D eigenvalue weighted by Gasteiger charge is 2.19. The van der Waals surface area contributed by atoms with Crippen molar-refractivity contribution < 1.29 is 13.7 Å². The van der Waals surface area contributed by atoms with Crippen LogP contribution in [-0.4, -0.2) is 15.9 Å². The summed E-state index contributed by atoms with van der Waals surface area (Å²) in [6.45, 7) is 7.25. The quantitative estimate of drug-likeness (QED) is 0.866. The van der Waals surface area contributed by atoms with Crippen molar-refractivity contribution in [2.75, 3.05) is 0 Å². The molecule has 0 aliphatic heterocycles. The van der Waals surface area contributed by atoms with Crippen molar-refractivity contribution in [3.8, 4) is 0 Å². The molecule has 1 amide bonds. The third kappa shape index (κ3) is 5.22. The molecule has 1 rings (SSSR count). The predicted octanol–water partition coefficient (Wildman–Crippen LogP) is 3.02. The van der Waals surface area contributed by atoms with Gasteiger partial charge in [0.2, 0.25) is 0 Å². The molecule has 0 aromatic heterocycles. The number of ether oxygens (including phenoxy) is 1. The van der Waals surface area contributed by atoms with Crippen molar-refractivity contribution in [3.63, 3.8) is 0 Å². The number of nitrogens with two attached hydrogens (primary N) is 1. The Morgan fingerprint density at radius 3 is 2.50 bits per heavy atom. The normalized spacial score (nSPS) is 14.5. The summed E-state index contributed by atoms with van der Waals surface area (Å²) >= 11 is 3.39. The maximum atomic E-state index is 11.7. The lowest BCUT2D eigenvalue weighted by molar-refractivity contribution is 0.0508. The highest BCUT2D eigenvalue weighted by Crippen LogP contribution is 2.25. The second-order valence-corrected chi connectivity index (χ2v) is 7.27. The van der Waals surface area contributed by atoms with Gasteiger partial charge in [0.25, 0.3) is 0 Å². The van der Waals surface area contributed by atoms with E-state index in [9.17, 15) is 9.00 Å². The van der Waals surface area contributed by atoms with Crippen molar-refractivity contribution in [2.24, 2.45) is 5.14 Å². The van der Waals surface area contributed by atoms with Crippen LogP contribution in [0.5, 0.6) is 0 Å². The fraction of sp³-hybridized carbons (Fsp3) is 0.462. The number of rotatable bonds is 3. The molecule has 1 unspecified atom stereocenters. The fourth-order valence-electron chi connectivity index (χ4n) is 1.55. The summed E-state index contributed by atoms with van der Waals surface area (Å²) in [6, 6.07) is 4.87. The summed E-state index contributed by atoms with van der Waals surface area (Å²) in [5.41, 5.74) is 0.312. The van der Waals surface area contributed by atoms with Gasteiger partial charge in [-0.1, -0.05) is 22.0 Å². The Kier molecular flexibility index (Phi) is 5.73. The molecule has 0 saturated heterocycles. The van der Waals surface area contributed by atoms with Crippen LogP contribution in [-0.2, 0) is 15.7 Å². The molecular weight excluding hydrogens is 344 g/mol. The summed E-state index contributed by atoms with van der Waals surface area (Å²) in [5.74, 6) is 0. The average molecular weight is 363 g/mol. The Morgan fingerprint density at radius 1 is 1.45 bits per heavy atom. The number of amides is 1. The van der Waals surface area contributed by atoms with Gasteiger partial charge in [-0.2, -0.15) is 0 Å². The number of nitrogens with one attached hydrogen (secondary N) is 1. The van der Waals surface area contributed by atoms with E-state index in [0.29, 0.717) is 4.90 Å². The van der Waals surface area contributed by atoms with Crippen LogP contribution in [0.25, 0.3) is 0 Å². The zero-order valence-electron chi connectivity index (χ0n) is 11.9. The molecule has 0 saturated carbocycles. The molecule has 1 aromatic carbocycles. The molecule has 0 spiro atoms. The number of halogens is 1. The van der Waals surface area contributed by atoms with E-state index in [0.717, 1.165) is 10.0 Å². The smallest absolute Gasteiger partial charge is 0.408 e. The topological polar surface area (TPSA) is 81.4 Å². The van der Waals surface area contributed by atoms with E-state index in [1.807, 2.05) is 6.92 Å². The van der Waals surface area contributed by atoms with Crippen molar-refractivity contribution in [2.45, 2.75) is 44.2 Å². The summed E-state index contributed by atoms with van der Waals surface area (Å²) in [4.78, 5) is 12.2. The molecular formula is C13H19BrN2O3S. The predicted molar refractivity (Wildman–Crippen MR) is 82.5 cm³/mol. The highest BCUT2D eigenvalue weighted by molar-refractivity contribution is 9.10. The number of carbonyl (C=O) groups is 1. The average Bonchev–Trinajstić information content (AvgIpc) is 2.25. The second-order valence-electron chi connectivity index (χ2n) is 5.35. The number of hydrogen-bond acceptors (Lipinski definition) is 3. The Hall–Kier alpha value is -0.920. The van der Waals surface area contributed by atoms with Gasteiger partial charge in [0.15, 0.2) is 0 Å². The molecule has 0 aliphatic carbocycles. The molecule has 5 nitrogen and oxygen atoms in total. The Labute approximate surface area is 130 Å². The lowest BCUT2D eigenvalue weighted by Gasteiger charge is -2.22. The van der Waals surface area contributed by atoms with E-state index >= 15 is 0 Å². The van der Waals surface area contributed by atoms with Crippen LogP contribution in [0.2, 0.25) is 0 Å². The van der Waals surface area contributed by atoms with Gasteiger partial charge in [-0.25, -0.2) is 14.1 Å². The van der Waals surface area contributed by atoms with E-state index in [-0.39, 0.29) is 6.04 Å². The van der Waals surface area contributed by atoms with Crippen molar-refractivity contribution in [1.82, 2.24) is 5.32 Å².